The van der Waals surface area contributed by atoms with E-state index in [1.54, 1.807) is 18.2 Å². The highest BCUT2D eigenvalue weighted by atomic mass is 32.2. The molecule has 18 heavy (non-hydrogen) atoms. The summed E-state index contributed by atoms with van der Waals surface area (Å²) >= 11 is 6.15. The summed E-state index contributed by atoms with van der Waals surface area (Å²) in [4.78, 5) is 24.0. The number of hydrogen-bond acceptors (Lipinski definition) is 6. The van der Waals surface area contributed by atoms with Gasteiger partial charge in [-0.2, -0.15) is 0 Å². The highest BCUT2D eigenvalue weighted by molar-refractivity contribution is 8.26. The van der Waals surface area contributed by atoms with Gasteiger partial charge in [-0.1, -0.05) is 24.0 Å². The van der Waals surface area contributed by atoms with Gasteiger partial charge < -0.3 is 14.3 Å². The largest absolute Gasteiger partial charge is 0.550 e. The van der Waals surface area contributed by atoms with Crippen molar-refractivity contribution in [3.63, 3.8) is 0 Å². The molecule has 1 aliphatic heterocycles. The van der Waals surface area contributed by atoms with Gasteiger partial charge in [0.25, 0.3) is 5.91 Å². The Kier molecular flexibility index (Phi) is 3.83. The molecule has 5 nitrogen and oxygen atoms in total. The molecule has 1 aliphatic rings. The summed E-state index contributed by atoms with van der Waals surface area (Å²) in [5, 5.41) is 10.4. The summed E-state index contributed by atoms with van der Waals surface area (Å²) in [6.07, 6.45) is 2.85. The van der Waals surface area contributed by atoms with Gasteiger partial charge in [-0.15, -0.1) is 0 Å². The lowest BCUT2D eigenvalue weighted by atomic mass is 10.3. The first-order valence-corrected chi connectivity index (χ1v) is 6.29. The molecule has 0 unspecified atom stereocenters. The van der Waals surface area contributed by atoms with Crippen molar-refractivity contribution in [2.75, 3.05) is 6.54 Å². The Morgan fingerprint density at radius 1 is 1.61 bits per heavy atom. The molecule has 1 amide bonds. The van der Waals surface area contributed by atoms with Crippen LogP contribution in [0.4, 0.5) is 0 Å². The Morgan fingerprint density at radius 2 is 2.39 bits per heavy atom. The predicted octanol–water partition coefficient (Wildman–Crippen LogP) is 0.621. The fraction of sp³-hybridized carbons (Fsp3) is 0.182. The predicted molar refractivity (Wildman–Crippen MR) is 68.2 cm³/mol. The topological polar surface area (TPSA) is 73.6 Å². The Balaban J connectivity index is 2.11. The van der Waals surface area contributed by atoms with Crippen LogP contribution < -0.4 is 5.11 Å². The SMILES string of the molecule is O=C([O-])CCN1C(=O)C(=Cc2ccco2)SC1=S. The Morgan fingerprint density at radius 3 is 3.00 bits per heavy atom. The van der Waals surface area contributed by atoms with E-state index in [9.17, 15) is 14.7 Å². The lowest BCUT2D eigenvalue weighted by Gasteiger charge is -2.14. The maximum atomic E-state index is 11.9. The van der Waals surface area contributed by atoms with Gasteiger partial charge in [0.1, 0.15) is 10.1 Å². The lowest BCUT2D eigenvalue weighted by molar-refractivity contribution is -0.305. The third-order valence-corrected chi connectivity index (χ3v) is 3.61. The van der Waals surface area contributed by atoms with E-state index in [2.05, 4.69) is 0 Å². The van der Waals surface area contributed by atoms with Crippen molar-refractivity contribution in [1.29, 1.82) is 0 Å². The van der Waals surface area contributed by atoms with Gasteiger partial charge in [0, 0.05) is 25.0 Å². The highest BCUT2D eigenvalue weighted by Crippen LogP contribution is 2.32. The molecule has 0 aromatic carbocycles. The minimum atomic E-state index is -1.21. The Labute approximate surface area is 112 Å². The van der Waals surface area contributed by atoms with Crippen LogP contribution in [0.25, 0.3) is 6.08 Å². The van der Waals surface area contributed by atoms with E-state index >= 15 is 0 Å². The van der Waals surface area contributed by atoms with Crippen molar-refractivity contribution < 1.29 is 19.1 Å². The molecule has 1 fully saturated rings. The number of hydrogen-bond donors (Lipinski definition) is 0. The van der Waals surface area contributed by atoms with Crippen molar-refractivity contribution in [2.24, 2.45) is 0 Å². The monoisotopic (exact) mass is 282 g/mol. The van der Waals surface area contributed by atoms with E-state index < -0.39 is 5.97 Å². The molecule has 0 radical (unpaired) electrons. The summed E-state index contributed by atoms with van der Waals surface area (Å²) in [5.74, 6) is -0.961. The molecule has 1 aromatic heterocycles. The fourth-order valence-corrected chi connectivity index (χ4v) is 2.69. The van der Waals surface area contributed by atoms with Crippen LogP contribution >= 0.6 is 24.0 Å². The maximum absolute atomic E-state index is 11.9. The van der Waals surface area contributed by atoms with E-state index in [1.807, 2.05) is 0 Å². The number of carbonyl (C=O) groups excluding carboxylic acids is 2. The number of carbonyl (C=O) groups is 2. The summed E-state index contributed by atoms with van der Waals surface area (Å²) < 4.78 is 5.45. The number of thiocarbonyl (C=S) groups is 1. The molecule has 0 spiro atoms. The number of amides is 1. The number of nitrogens with zero attached hydrogens (tertiary/aromatic N) is 1. The van der Waals surface area contributed by atoms with Gasteiger partial charge >= 0.3 is 0 Å². The summed E-state index contributed by atoms with van der Waals surface area (Å²) in [5.41, 5.74) is 0. The van der Waals surface area contributed by atoms with Gasteiger partial charge in [0.05, 0.1) is 11.2 Å². The average molecular weight is 282 g/mol. The number of carboxylic acid groups (broad SMARTS) is 1. The first-order chi connectivity index (χ1) is 8.58. The van der Waals surface area contributed by atoms with Crippen LogP contribution in [-0.4, -0.2) is 27.6 Å². The molecular weight excluding hydrogens is 274 g/mol. The molecule has 0 N–H and O–H groups in total. The molecular formula is C11H8NO4S2-. The zero-order valence-corrected chi connectivity index (χ0v) is 10.8. The number of carboxylic acids is 1. The summed E-state index contributed by atoms with van der Waals surface area (Å²) in [7, 11) is 0. The molecule has 1 aromatic rings. The van der Waals surface area contributed by atoms with E-state index in [-0.39, 0.29) is 18.9 Å². The third kappa shape index (κ3) is 2.80. The molecule has 7 heteroatoms. The second-order valence-electron chi connectivity index (χ2n) is 3.47. The van der Waals surface area contributed by atoms with Crippen molar-refractivity contribution >= 4 is 46.3 Å². The fourth-order valence-electron chi connectivity index (χ4n) is 1.40. The number of aliphatic carboxylic acids is 1. The summed E-state index contributed by atoms with van der Waals surface area (Å²) in [6, 6.07) is 3.43. The van der Waals surface area contributed by atoms with Gasteiger partial charge in [-0.25, -0.2) is 0 Å². The van der Waals surface area contributed by atoms with Crippen LogP contribution in [-0.2, 0) is 9.59 Å². The normalized spacial score (nSPS) is 17.8. The van der Waals surface area contributed by atoms with Crippen LogP contribution in [0, 0.1) is 0 Å². The first-order valence-electron chi connectivity index (χ1n) is 5.06. The maximum Gasteiger partial charge on any atom is 0.266 e. The Bertz CT molecular complexity index is 521. The second kappa shape index (κ2) is 5.36. The first kappa shape index (κ1) is 12.8. The molecule has 0 atom stereocenters. The average Bonchev–Trinajstić information content (AvgIpc) is 2.88. The molecule has 2 heterocycles. The van der Waals surface area contributed by atoms with Gasteiger partial charge in [0.15, 0.2) is 0 Å². The van der Waals surface area contributed by atoms with Crippen LogP contribution in [0.15, 0.2) is 27.7 Å². The van der Waals surface area contributed by atoms with E-state index in [0.717, 1.165) is 11.8 Å². The minimum absolute atomic E-state index is 0.0303. The van der Waals surface area contributed by atoms with Gasteiger partial charge in [0.2, 0.25) is 0 Å². The molecule has 0 bridgehead atoms. The second-order valence-corrected chi connectivity index (χ2v) is 5.15. The smallest absolute Gasteiger partial charge is 0.266 e. The molecule has 0 aliphatic carbocycles. The van der Waals surface area contributed by atoms with Crippen molar-refractivity contribution in [3.05, 3.63) is 29.1 Å². The molecule has 2 rings (SSSR count). The van der Waals surface area contributed by atoms with Crippen molar-refractivity contribution in [1.82, 2.24) is 4.90 Å². The van der Waals surface area contributed by atoms with Gasteiger partial charge in [-0.05, 0) is 12.1 Å². The van der Waals surface area contributed by atoms with E-state index in [1.165, 1.54) is 11.2 Å². The number of furan rings is 1. The zero-order chi connectivity index (χ0) is 13.1. The quantitative estimate of drug-likeness (QED) is 0.595. The molecule has 94 valence electrons. The standard InChI is InChI=1S/C11H9NO4S2/c13-9(14)3-4-12-10(15)8(18-11(12)17)6-7-2-1-5-16-7/h1-2,5-6H,3-4H2,(H,13,14)/p-1. The third-order valence-electron chi connectivity index (χ3n) is 2.23. The van der Waals surface area contributed by atoms with E-state index in [0.29, 0.717) is 15.0 Å². The zero-order valence-electron chi connectivity index (χ0n) is 9.12. The number of thioether (sulfide) groups is 1. The Hall–Kier alpha value is -1.60. The number of rotatable bonds is 4. The van der Waals surface area contributed by atoms with Crippen molar-refractivity contribution in [2.45, 2.75) is 6.42 Å². The van der Waals surface area contributed by atoms with Crippen LogP contribution in [0.5, 0.6) is 0 Å². The van der Waals surface area contributed by atoms with Crippen molar-refractivity contribution in [3.8, 4) is 0 Å². The van der Waals surface area contributed by atoms with Gasteiger partial charge in [-0.3, -0.25) is 9.69 Å². The highest BCUT2D eigenvalue weighted by Gasteiger charge is 2.31. The molecule has 1 saturated heterocycles. The lowest BCUT2D eigenvalue weighted by Crippen LogP contribution is -2.33. The summed E-state index contributed by atoms with van der Waals surface area (Å²) in [6.45, 7) is 0.0303. The molecule has 0 saturated carbocycles. The van der Waals surface area contributed by atoms with E-state index in [4.69, 9.17) is 16.6 Å². The van der Waals surface area contributed by atoms with Crippen LogP contribution in [0.2, 0.25) is 0 Å². The minimum Gasteiger partial charge on any atom is -0.550 e. The van der Waals surface area contributed by atoms with Crippen LogP contribution in [0.3, 0.4) is 0 Å². The van der Waals surface area contributed by atoms with Crippen LogP contribution in [0.1, 0.15) is 12.2 Å².